The third-order valence-corrected chi connectivity index (χ3v) is 4.44. The van der Waals surface area contributed by atoms with Crippen LogP contribution >= 0.6 is 0 Å². The summed E-state index contributed by atoms with van der Waals surface area (Å²) in [6, 6.07) is 5.45. The lowest BCUT2D eigenvalue weighted by Crippen LogP contribution is -2.42. The van der Waals surface area contributed by atoms with Gasteiger partial charge in [-0.3, -0.25) is 4.79 Å². The van der Waals surface area contributed by atoms with Gasteiger partial charge in [-0.25, -0.2) is 0 Å². The molecule has 2 aliphatic rings. The minimum Gasteiger partial charge on any atom is -0.508 e. The molecule has 20 heavy (non-hydrogen) atoms. The monoisotopic (exact) mass is 275 g/mol. The molecule has 2 aliphatic heterocycles. The summed E-state index contributed by atoms with van der Waals surface area (Å²) < 4.78 is 5.63. The maximum Gasteiger partial charge on any atom is 0.228 e. The molecule has 0 radical (unpaired) electrons. The number of rotatable bonds is 2. The Bertz CT molecular complexity index is 514. The Morgan fingerprint density at radius 2 is 2.30 bits per heavy atom. The van der Waals surface area contributed by atoms with Gasteiger partial charge in [0.1, 0.15) is 5.75 Å². The molecule has 2 heterocycles. The van der Waals surface area contributed by atoms with E-state index in [0.717, 1.165) is 31.4 Å². The van der Waals surface area contributed by atoms with Crippen LogP contribution in [0.2, 0.25) is 0 Å². The summed E-state index contributed by atoms with van der Waals surface area (Å²) in [5, 5.41) is 9.58. The van der Waals surface area contributed by atoms with Crippen LogP contribution in [0, 0.1) is 5.92 Å². The van der Waals surface area contributed by atoms with Gasteiger partial charge in [-0.1, -0.05) is 13.0 Å². The van der Waals surface area contributed by atoms with Crippen LogP contribution in [0.15, 0.2) is 18.2 Å². The molecule has 2 unspecified atom stereocenters. The number of fused-ring (bicyclic) bond motifs is 1. The minimum absolute atomic E-state index is 0.0128. The first-order valence-corrected chi connectivity index (χ1v) is 7.40. The van der Waals surface area contributed by atoms with Gasteiger partial charge in [0, 0.05) is 19.7 Å². The van der Waals surface area contributed by atoms with Gasteiger partial charge in [0.15, 0.2) is 0 Å². The van der Waals surface area contributed by atoms with E-state index < -0.39 is 0 Å². The predicted octanol–water partition coefficient (Wildman–Crippen LogP) is 2.09. The van der Waals surface area contributed by atoms with E-state index >= 15 is 0 Å². The van der Waals surface area contributed by atoms with Crippen molar-refractivity contribution in [1.82, 2.24) is 4.90 Å². The maximum absolute atomic E-state index is 12.6. The summed E-state index contributed by atoms with van der Waals surface area (Å²) >= 11 is 0. The van der Waals surface area contributed by atoms with Crippen molar-refractivity contribution in [2.75, 3.05) is 13.2 Å². The van der Waals surface area contributed by atoms with Crippen LogP contribution in [-0.2, 0) is 22.5 Å². The fourth-order valence-electron chi connectivity index (χ4n) is 3.30. The largest absolute Gasteiger partial charge is 0.508 e. The molecule has 1 saturated heterocycles. The Morgan fingerprint density at radius 1 is 1.45 bits per heavy atom. The number of amides is 1. The number of ether oxygens (including phenoxy) is 1. The van der Waals surface area contributed by atoms with Gasteiger partial charge in [-0.15, -0.1) is 0 Å². The van der Waals surface area contributed by atoms with E-state index in [-0.39, 0.29) is 23.7 Å². The van der Waals surface area contributed by atoms with Crippen molar-refractivity contribution in [3.8, 4) is 5.75 Å². The van der Waals surface area contributed by atoms with Crippen LogP contribution in [0.4, 0.5) is 0 Å². The molecule has 1 aromatic rings. The predicted molar refractivity (Wildman–Crippen MR) is 75.4 cm³/mol. The number of phenols is 1. The molecule has 0 bridgehead atoms. The van der Waals surface area contributed by atoms with Crippen LogP contribution in [0.3, 0.4) is 0 Å². The zero-order valence-electron chi connectivity index (χ0n) is 11.8. The van der Waals surface area contributed by atoms with E-state index in [4.69, 9.17) is 4.74 Å². The summed E-state index contributed by atoms with van der Waals surface area (Å²) in [5.74, 6) is 0.496. The fraction of sp³-hybridized carbons (Fsp3) is 0.562. The normalized spacial score (nSPS) is 25.6. The second kappa shape index (κ2) is 5.44. The van der Waals surface area contributed by atoms with Crippen LogP contribution in [0.1, 0.15) is 30.9 Å². The molecular weight excluding hydrogens is 254 g/mol. The Hall–Kier alpha value is -1.55. The third-order valence-electron chi connectivity index (χ3n) is 4.44. The summed E-state index contributed by atoms with van der Waals surface area (Å²) in [5.41, 5.74) is 2.30. The van der Waals surface area contributed by atoms with Crippen LogP contribution < -0.4 is 0 Å². The maximum atomic E-state index is 12.6. The molecule has 1 aromatic carbocycles. The third kappa shape index (κ3) is 2.40. The Labute approximate surface area is 119 Å². The molecule has 3 rings (SSSR count). The van der Waals surface area contributed by atoms with Crippen molar-refractivity contribution in [3.63, 3.8) is 0 Å². The molecule has 0 aromatic heterocycles. The second-order valence-corrected chi connectivity index (χ2v) is 5.68. The molecule has 4 nitrogen and oxygen atoms in total. The molecule has 0 spiro atoms. The molecule has 2 atom stereocenters. The highest BCUT2D eigenvalue weighted by molar-refractivity contribution is 5.80. The van der Waals surface area contributed by atoms with Crippen LogP contribution in [-0.4, -0.2) is 35.2 Å². The lowest BCUT2D eigenvalue weighted by Gasteiger charge is -2.32. The molecule has 4 heteroatoms. The first-order valence-electron chi connectivity index (χ1n) is 7.40. The SMILES string of the molecule is CCC1OCCC1C(=O)N1CCc2ccc(O)cc2C1. The molecule has 108 valence electrons. The van der Waals surface area contributed by atoms with Gasteiger partial charge in [0.25, 0.3) is 0 Å². The van der Waals surface area contributed by atoms with Crippen molar-refractivity contribution in [3.05, 3.63) is 29.3 Å². The lowest BCUT2D eigenvalue weighted by molar-refractivity contribution is -0.138. The number of carbonyl (C=O) groups is 1. The van der Waals surface area contributed by atoms with Gasteiger partial charge < -0.3 is 14.7 Å². The highest BCUT2D eigenvalue weighted by Gasteiger charge is 2.36. The quantitative estimate of drug-likeness (QED) is 0.899. The molecule has 0 aliphatic carbocycles. The van der Waals surface area contributed by atoms with E-state index in [1.807, 2.05) is 11.0 Å². The lowest BCUT2D eigenvalue weighted by atomic mass is 9.94. The first kappa shape index (κ1) is 13.4. The highest BCUT2D eigenvalue weighted by atomic mass is 16.5. The van der Waals surface area contributed by atoms with Crippen molar-refractivity contribution in [2.45, 2.75) is 38.8 Å². The van der Waals surface area contributed by atoms with Gasteiger partial charge in [-0.05, 0) is 42.5 Å². The molecule has 1 N–H and O–H groups in total. The Morgan fingerprint density at radius 3 is 3.10 bits per heavy atom. The van der Waals surface area contributed by atoms with Gasteiger partial charge in [0.2, 0.25) is 5.91 Å². The van der Waals surface area contributed by atoms with Crippen LogP contribution in [0.5, 0.6) is 5.75 Å². The van der Waals surface area contributed by atoms with E-state index in [9.17, 15) is 9.90 Å². The molecule has 1 fully saturated rings. The van der Waals surface area contributed by atoms with Crippen molar-refractivity contribution < 1.29 is 14.6 Å². The minimum atomic E-state index is 0.0128. The first-order chi connectivity index (χ1) is 9.69. The van der Waals surface area contributed by atoms with E-state index in [0.29, 0.717) is 13.2 Å². The van der Waals surface area contributed by atoms with Crippen molar-refractivity contribution in [1.29, 1.82) is 0 Å². The number of hydrogen-bond acceptors (Lipinski definition) is 3. The van der Waals surface area contributed by atoms with E-state index in [1.165, 1.54) is 5.56 Å². The molecule has 0 saturated carbocycles. The van der Waals surface area contributed by atoms with E-state index in [2.05, 4.69) is 6.92 Å². The van der Waals surface area contributed by atoms with E-state index in [1.54, 1.807) is 12.1 Å². The zero-order chi connectivity index (χ0) is 14.1. The summed E-state index contributed by atoms with van der Waals surface area (Å²) in [4.78, 5) is 14.6. The Kier molecular flexibility index (Phi) is 3.66. The summed E-state index contributed by atoms with van der Waals surface area (Å²) in [6.45, 7) is 4.14. The number of carbonyl (C=O) groups excluding carboxylic acids is 1. The highest BCUT2D eigenvalue weighted by Crippen LogP contribution is 2.29. The number of hydrogen-bond donors (Lipinski definition) is 1. The molecular formula is C16H21NO3. The fourth-order valence-corrected chi connectivity index (χ4v) is 3.30. The topological polar surface area (TPSA) is 49.8 Å². The van der Waals surface area contributed by atoms with Gasteiger partial charge in [-0.2, -0.15) is 0 Å². The molecule has 1 amide bonds. The number of nitrogens with zero attached hydrogens (tertiary/aromatic N) is 1. The standard InChI is InChI=1S/C16H21NO3/c1-2-15-14(6-8-20-15)16(19)17-7-5-11-3-4-13(18)9-12(11)10-17/h3-4,9,14-15,18H,2,5-8,10H2,1H3. The van der Waals surface area contributed by atoms with Gasteiger partial charge in [0.05, 0.1) is 12.0 Å². The smallest absolute Gasteiger partial charge is 0.228 e. The number of aromatic hydroxyl groups is 1. The average Bonchev–Trinajstić information content (AvgIpc) is 2.94. The van der Waals surface area contributed by atoms with Crippen LogP contribution in [0.25, 0.3) is 0 Å². The number of phenolic OH excluding ortho intramolecular Hbond substituents is 1. The van der Waals surface area contributed by atoms with Crippen molar-refractivity contribution >= 4 is 5.91 Å². The number of benzene rings is 1. The average molecular weight is 275 g/mol. The Balaban J connectivity index is 1.74. The summed E-state index contributed by atoms with van der Waals surface area (Å²) in [6.07, 6.45) is 2.67. The second-order valence-electron chi connectivity index (χ2n) is 5.68. The van der Waals surface area contributed by atoms with Gasteiger partial charge >= 0.3 is 0 Å². The zero-order valence-corrected chi connectivity index (χ0v) is 11.8. The van der Waals surface area contributed by atoms with Crippen molar-refractivity contribution in [2.24, 2.45) is 5.92 Å². The summed E-state index contributed by atoms with van der Waals surface area (Å²) in [7, 11) is 0.